The molecule has 2 aromatic rings. The highest BCUT2D eigenvalue weighted by Gasteiger charge is 2.25. The first kappa shape index (κ1) is 16.9. The summed E-state index contributed by atoms with van der Waals surface area (Å²) in [6.45, 7) is 6.32. The molecule has 2 heterocycles. The van der Waals surface area contributed by atoms with Gasteiger partial charge in [0.25, 0.3) is 5.56 Å². The number of aromatic nitrogens is 2. The first-order valence-corrected chi connectivity index (χ1v) is 8.74. The number of aromatic amines is 1. The molecule has 2 atom stereocenters. The summed E-state index contributed by atoms with van der Waals surface area (Å²) < 4.78 is 0. The van der Waals surface area contributed by atoms with Crippen LogP contribution in [0, 0.1) is 6.92 Å². The van der Waals surface area contributed by atoms with E-state index in [0.29, 0.717) is 19.5 Å². The number of rotatable bonds is 5. The van der Waals surface area contributed by atoms with E-state index in [0.717, 1.165) is 36.5 Å². The second-order valence-corrected chi connectivity index (χ2v) is 6.73. The number of H-pyrrole nitrogens is 1. The second-order valence-electron chi connectivity index (χ2n) is 6.73. The zero-order valence-electron chi connectivity index (χ0n) is 14.4. The maximum atomic E-state index is 12.5. The fraction of sp³-hybridized carbons (Fsp3) is 0.474. The highest BCUT2D eigenvalue weighted by molar-refractivity contribution is 5.29. The van der Waals surface area contributed by atoms with Gasteiger partial charge in [-0.1, -0.05) is 31.2 Å². The van der Waals surface area contributed by atoms with Gasteiger partial charge in [0.15, 0.2) is 0 Å². The van der Waals surface area contributed by atoms with Crippen LogP contribution in [-0.2, 0) is 19.4 Å². The number of quaternary nitrogens is 1. The van der Waals surface area contributed by atoms with Crippen molar-refractivity contribution in [1.82, 2.24) is 9.97 Å². The highest BCUT2D eigenvalue weighted by Crippen LogP contribution is 2.12. The van der Waals surface area contributed by atoms with Crippen molar-refractivity contribution in [2.45, 2.75) is 45.8 Å². The van der Waals surface area contributed by atoms with Crippen LogP contribution < -0.4 is 10.5 Å². The molecule has 0 spiro atoms. The Labute approximate surface area is 142 Å². The Balaban J connectivity index is 1.80. The molecule has 0 aliphatic carbocycles. The average molecular weight is 328 g/mol. The summed E-state index contributed by atoms with van der Waals surface area (Å²) in [6.07, 6.45) is 1.90. The molecule has 3 rings (SSSR count). The molecule has 0 saturated heterocycles. The Bertz CT molecular complexity index is 769. The number of benzene rings is 1. The van der Waals surface area contributed by atoms with Gasteiger partial charge in [0.05, 0.1) is 17.8 Å². The van der Waals surface area contributed by atoms with Crippen LogP contribution in [0.15, 0.2) is 29.1 Å². The molecule has 1 aromatic carbocycles. The molecule has 0 bridgehead atoms. The van der Waals surface area contributed by atoms with Crippen LogP contribution in [0.1, 0.15) is 41.6 Å². The maximum absolute atomic E-state index is 12.5. The van der Waals surface area contributed by atoms with E-state index in [2.05, 4.69) is 24.0 Å². The van der Waals surface area contributed by atoms with Crippen molar-refractivity contribution < 1.29 is 10.0 Å². The number of nitrogens with zero attached hydrogens (tertiary/aromatic N) is 1. The molecule has 1 unspecified atom stereocenters. The van der Waals surface area contributed by atoms with E-state index in [1.165, 1.54) is 16.0 Å². The predicted octanol–water partition coefficient (Wildman–Crippen LogP) is 0.381. The van der Waals surface area contributed by atoms with Crippen molar-refractivity contribution in [3.8, 4) is 0 Å². The van der Waals surface area contributed by atoms with Crippen LogP contribution in [0.2, 0.25) is 0 Å². The lowest BCUT2D eigenvalue weighted by Gasteiger charge is -2.26. The van der Waals surface area contributed by atoms with Crippen LogP contribution in [0.3, 0.4) is 0 Å². The van der Waals surface area contributed by atoms with Gasteiger partial charge >= 0.3 is 0 Å². The number of nitrogens with one attached hydrogen (secondary N) is 2. The summed E-state index contributed by atoms with van der Waals surface area (Å²) in [6, 6.07) is 8.18. The van der Waals surface area contributed by atoms with Gasteiger partial charge in [0.2, 0.25) is 0 Å². The van der Waals surface area contributed by atoms with Crippen molar-refractivity contribution in [1.29, 1.82) is 0 Å². The van der Waals surface area contributed by atoms with Crippen molar-refractivity contribution in [2.24, 2.45) is 0 Å². The van der Waals surface area contributed by atoms with Crippen molar-refractivity contribution in [3.63, 3.8) is 0 Å². The van der Waals surface area contributed by atoms with Gasteiger partial charge in [-0.3, -0.25) is 4.79 Å². The first-order chi connectivity index (χ1) is 11.6. The van der Waals surface area contributed by atoms with E-state index in [1.54, 1.807) is 0 Å². The largest absolute Gasteiger partial charge is 0.387 e. The summed E-state index contributed by atoms with van der Waals surface area (Å²) in [7, 11) is 0. The van der Waals surface area contributed by atoms with Crippen LogP contribution in [-0.4, -0.2) is 34.3 Å². The summed E-state index contributed by atoms with van der Waals surface area (Å²) >= 11 is 0. The third kappa shape index (κ3) is 3.74. The van der Waals surface area contributed by atoms with Gasteiger partial charge in [-0.2, -0.15) is 0 Å². The molecule has 5 nitrogen and oxygen atoms in total. The minimum absolute atomic E-state index is 0.0215. The Morgan fingerprint density at radius 2 is 2.17 bits per heavy atom. The van der Waals surface area contributed by atoms with Gasteiger partial charge in [0, 0.05) is 12.8 Å². The molecule has 5 heteroatoms. The average Bonchev–Trinajstić information content (AvgIpc) is 2.57. The Morgan fingerprint density at radius 1 is 1.38 bits per heavy atom. The fourth-order valence-corrected chi connectivity index (χ4v) is 3.34. The topological polar surface area (TPSA) is 70.4 Å². The van der Waals surface area contributed by atoms with Gasteiger partial charge < -0.3 is 15.0 Å². The molecular formula is C19H26N3O2+. The smallest absolute Gasteiger partial charge is 0.260 e. The van der Waals surface area contributed by atoms with Crippen LogP contribution in [0.4, 0.5) is 0 Å². The van der Waals surface area contributed by atoms with Gasteiger partial charge in [-0.15, -0.1) is 0 Å². The van der Waals surface area contributed by atoms with E-state index < -0.39 is 0 Å². The number of hydrogen-bond donors (Lipinski definition) is 3. The minimum atomic E-state index is -0.297. The van der Waals surface area contributed by atoms with Crippen molar-refractivity contribution in [2.75, 3.05) is 13.1 Å². The lowest BCUT2D eigenvalue weighted by atomic mass is 10.0. The zero-order chi connectivity index (χ0) is 17.1. The molecule has 0 amide bonds. The molecule has 0 radical (unpaired) electrons. The number of aryl methyl sites for hydroxylation is 1. The van der Waals surface area contributed by atoms with Gasteiger partial charge in [-0.25, -0.2) is 4.98 Å². The molecular weight excluding hydrogens is 302 g/mol. The molecule has 24 heavy (non-hydrogen) atoms. The summed E-state index contributed by atoms with van der Waals surface area (Å²) in [5.74, 6) is 0.741. The summed E-state index contributed by atoms with van der Waals surface area (Å²) in [5, 5.41) is 9.84. The SMILES string of the molecule is CC[C@@H](O)C[NH+]1CCc2nc(Cc3ccccc3C)[nH]c(=O)c2C1. The lowest BCUT2D eigenvalue weighted by Crippen LogP contribution is -3.13. The van der Waals surface area contributed by atoms with E-state index in [9.17, 15) is 9.90 Å². The van der Waals surface area contributed by atoms with Gasteiger partial charge in [0.1, 0.15) is 25.0 Å². The molecule has 1 aliphatic heterocycles. The van der Waals surface area contributed by atoms with E-state index in [4.69, 9.17) is 4.98 Å². The highest BCUT2D eigenvalue weighted by atomic mass is 16.3. The maximum Gasteiger partial charge on any atom is 0.260 e. The summed E-state index contributed by atoms with van der Waals surface area (Å²) in [4.78, 5) is 21.4. The third-order valence-corrected chi connectivity index (χ3v) is 4.91. The lowest BCUT2D eigenvalue weighted by molar-refractivity contribution is -0.919. The Morgan fingerprint density at radius 3 is 2.92 bits per heavy atom. The fourth-order valence-electron chi connectivity index (χ4n) is 3.34. The molecule has 3 N–H and O–H groups in total. The molecule has 0 fully saturated rings. The van der Waals surface area contributed by atoms with Gasteiger partial charge in [-0.05, 0) is 24.5 Å². The molecule has 1 aromatic heterocycles. The van der Waals surface area contributed by atoms with E-state index in [-0.39, 0.29) is 11.7 Å². The van der Waals surface area contributed by atoms with Crippen LogP contribution >= 0.6 is 0 Å². The second kappa shape index (κ2) is 7.28. The normalized spacial score (nSPS) is 18.2. The number of aliphatic hydroxyl groups excluding tert-OH is 1. The molecule has 1 aliphatic rings. The molecule has 128 valence electrons. The Kier molecular flexibility index (Phi) is 5.11. The van der Waals surface area contributed by atoms with E-state index >= 15 is 0 Å². The Hall–Kier alpha value is -1.98. The van der Waals surface area contributed by atoms with E-state index in [1.807, 2.05) is 19.1 Å². The predicted molar refractivity (Wildman–Crippen MR) is 93.2 cm³/mol. The molecule has 0 saturated carbocycles. The standard InChI is InChI=1S/C19H25N3O2/c1-3-15(23)11-22-9-8-17-16(12-22)19(24)21-18(20-17)10-14-7-5-4-6-13(14)2/h4-7,15,23H,3,8-12H2,1-2H3,(H,20,21,24)/p+1/t15-/m1/s1. The first-order valence-electron chi connectivity index (χ1n) is 8.74. The van der Waals surface area contributed by atoms with Crippen molar-refractivity contribution in [3.05, 3.63) is 62.8 Å². The summed E-state index contributed by atoms with van der Waals surface area (Å²) in [5.41, 5.74) is 4.09. The quantitative estimate of drug-likeness (QED) is 0.743. The van der Waals surface area contributed by atoms with Crippen molar-refractivity contribution >= 4 is 0 Å². The monoisotopic (exact) mass is 328 g/mol. The zero-order valence-corrected chi connectivity index (χ0v) is 14.4. The number of fused-ring (bicyclic) bond motifs is 1. The van der Waals surface area contributed by atoms with Crippen LogP contribution in [0.5, 0.6) is 0 Å². The number of hydrogen-bond acceptors (Lipinski definition) is 3. The third-order valence-electron chi connectivity index (χ3n) is 4.91. The minimum Gasteiger partial charge on any atom is -0.387 e. The number of aliphatic hydroxyl groups is 1. The van der Waals surface area contributed by atoms with Crippen LogP contribution in [0.25, 0.3) is 0 Å².